The van der Waals surface area contributed by atoms with Crippen LogP contribution in [0.5, 0.6) is 0 Å². The molecule has 12 heavy (non-hydrogen) atoms. The molecule has 0 spiro atoms. The van der Waals surface area contributed by atoms with Crippen molar-refractivity contribution in [3.63, 3.8) is 0 Å². The number of nitrogens with zero attached hydrogens (tertiary/aromatic N) is 1. The summed E-state index contributed by atoms with van der Waals surface area (Å²) < 4.78 is 0. The van der Waals surface area contributed by atoms with E-state index in [1.807, 2.05) is 0 Å². The first-order valence-corrected chi connectivity index (χ1v) is 5.14. The molecule has 2 heterocycles. The van der Waals surface area contributed by atoms with Crippen LogP contribution in [0.1, 0.15) is 39.5 Å². The standard InChI is InChI=1S/C10H19NO/c1-7(2)11-8-3-4-9(11)6-10(12)5-8/h7-10,12H,3-6H2,1-2H3/t8-,9-/m0/s1. The molecular formula is C10H19NO. The highest BCUT2D eigenvalue weighted by atomic mass is 16.3. The molecular weight excluding hydrogens is 150 g/mol. The molecule has 0 aromatic rings. The average molecular weight is 169 g/mol. The summed E-state index contributed by atoms with van der Waals surface area (Å²) in [5, 5.41) is 9.56. The zero-order chi connectivity index (χ0) is 8.72. The quantitative estimate of drug-likeness (QED) is 0.641. The molecule has 2 saturated heterocycles. The second-order valence-corrected chi connectivity index (χ2v) is 4.55. The van der Waals surface area contributed by atoms with Crippen molar-refractivity contribution >= 4 is 0 Å². The lowest BCUT2D eigenvalue weighted by Crippen LogP contribution is -2.48. The molecule has 2 atom stereocenters. The molecule has 2 heteroatoms. The maximum Gasteiger partial charge on any atom is 0.0570 e. The maximum atomic E-state index is 9.56. The molecule has 2 aliphatic rings. The zero-order valence-electron chi connectivity index (χ0n) is 8.03. The summed E-state index contributed by atoms with van der Waals surface area (Å²) in [6.07, 6.45) is 4.61. The number of rotatable bonds is 1. The predicted molar refractivity (Wildman–Crippen MR) is 49.0 cm³/mol. The van der Waals surface area contributed by atoms with E-state index in [4.69, 9.17) is 0 Å². The van der Waals surface area contributed by atoms with E-state index in [1.165, 1.54) is 12.8 Å². The topological polar surface area (TPSA) is 23.5 Å². The summed E-state index contributed by atoms with van der Waals surface area (Å²) in [6.45, 7) is 4.53. The third kappa shape index (κ3) is 1.27. The van der Waals surface area contributed by atoms with Crippen LogP contribution in [0, 0.1) is 0 Å². The smallest absolute Gasteiger partial charge is 0.0570 e. The Morgan fingerprint density at radius 1 is 1.17 bits per heavy atom. The third-order valence-electron chi connectivity index (χ3n) is 3.36. The van der Waals surface area contributed by atoms with Crippen LogP contribution < -0.4 is 0 Å². The van der Waals surface area contributed by atoms with Crippen LogP contribution in [0.25, 0.3) is 0 Å². The molecule has 1 N–H and O–H groups in total. The van der Waals surface area contributed by atoms with Gasteiger partial charge in [0.05, 0.1) is 6.10 Å². The Morgan fingerprint density at radius 3 is 2.08 bits per heavy atom. The molecule has 0 aliphatic carbocycles. The minimum absolute atomic E-state index is 0.0162. The van der Waals surface area contributed by atoms with Gasteiger partial charge in [0.1, 0.15) is 0 Å². The van der Waals surface area contributed by atoms with Crippen molar-refractivity contribution in [2.45, 2.75) is 63.8 Å². The predicted octanol–water partition coefficient (Wildman–Crippen LogP) is 1.38. The van der Waals surface area contributed by atoms with E-state index in [0.717, 1.165) is 12.8 Å². The van der Waals surface area contributed by atoms with Crippen LogP contribution in [-0.4, -0.2) is 34.2 Å². The molecule has 0 amide bonds. The molecule has 2 rings (SSSR count). The minimum atomic E-state index is -0.0162. The number of hydrogen-bond acceptors (Lipinski definition) is 2. The lowest BCUT2D eigenvalue weighted by molar-refractivity contribution is 0.0187. The van der Waals surface area contributed by atoms with Crippen molar-refractivity contribution in [2.75, 3.05) is 0 Å². The molecule has 2 aliphatic heterocycles. The minimum Gasteiger partial charge on any atom is -0.393 e. The Bertz CT molecular complexity index is 155. The first-order chi connectivity index (χ1) is 5.68. The maximum absolute atomic E-state index is 9.56. The van der Waals surface area contributed by atoms with E-state index in [0.29, 0.717) is 18.1 Å². The van der Waals surface area contributed by atoms with Gasteiger partial charge in [0.2, 0.25) is 0 Å². The van der Waals surface area contributed by atoms with E-state index in [-0.39, 0.29) is 6.10 Å². The van der Waals surface area contributed by atoms with Gasteiger partial charge >= 0.3 is 0 Å². The number of piperidine rings is 1. The third-order valence-corrected chi connectivity index (χ3v) is 3.36. The van der Waals surface area contributed by atoms with Crippen LogP contribution >= 0.6 is 0 Å². The highest BCUT2D eigenvalue weighted by Gasteiger charge is 2.40. The summed E-state index contributed by atoms with van der Waals surface area (Å²) in [5.41, 5.74) is 0. The van der Waals surface area contributed by atoms with Crippen molar-refractivity contribution in [3.8, 4) is 0 Å². The van der Waals surface area contributed by atoms with Crippen LogP contribution in [0.3, 0.4) is 0 Å². The van der Waals surface area contributed by atoms with Crippen molar-refractivity contribution in [1.29, 1.82) is 0 Å². The van der Waals surface area contributed by atoms with Gasteiger partial charge in [0.25, 0.3) is 0 Å². The molecule has 2 nitrogen and oxygen atoms in total. The second-order valence-electron chi connectivity index (χ2n) is 4.55. The summed E-state index contributed by atoms with van der Waals surface area (Å²) in [7, 11) is 0. The van der Waals surface area contributed by atoms with Crippen LogP contribution in [0.4, 0.5) is 0 Å². The van der Waals surface area contributed by atoms with E-state index < -0.39 is 0 Å². The van der Waals surface area contributed by atoms with Crippen LogP contribution in [-0.2, 0) is 0 Å². The van der Waals surface area contributed by atoms with Crippen molar-refractivity contribution in [1.82, 2.24) is 4.90 Å². The number of aliphatic hydroxyl groups excluding tert-OH is 1. The van der Waals surface area contributed by atoms with E-state index in [1.54, 1.807) is 0 Å². The van der Waals surface area contributed by atoms with E-state index in [2.05, 4.69) is 18.7 Å². The van der Waals surface area contributed by atoms with Gasteiger partial charge in [0.15, 0.2) is 0 Å². The molecule has 2 fully saturated rings. The largest absolute Gasteiger partial charge is 0.393 e. The van der Waals surface area contributed by atoms with E-state index in [9.17, 15) is 5.11 Å². The van der Waals surface area contributed by atoms with Crippen molar-refractivity contribution in [2.24, 2.45) is 0 Å². The SMILES string of the molecule is CC(C)N1[C@H]2CC[C@H]1CC(O)C2. The monoisotopic (exact) mass is 169 g/mol. The van der Waals surface area contributed by atoms with Crippen LogP contribution in [0.15, 0.2) is 0 Å². The highest BCUT2D eigenvalue weighted by Crippen LogP contribution is 2.36. The van der Waals surface area contributed by atoms with Gasteiger partial charge in [-0.3, -0.25) is 4.90 Å². The van der Waals surface area contributed by atoms with E-state index >= 15 is 0 Å². The Balaban J connectivity index is 2.09. The number of hydrogen-bond donors (Lipinski definition) is 1. The Morgan fingerprint density at radius 2 is 1.67 bits per heavy atom. The lowest BCUT2D eigenvalue weighted by atomic mass is 9.98. The van der Waals surface area contributed by atoms with Gasteiger partial charge in [-0.15, -0.1) is 0 Å². The molecule has 2 bridgehead atoms. The molecule has 0 aromatic heterocycles. The second kappa shape index (κ2) is 3.00. The Kier molecular flexibility index (Phi) is 2.13. The Hall–Kier alpha value is -0.0800. The Labute approximate surface area is 74.6 Å². The van der Waals surface area contributed by atoms with Crippen LogP contribution in [0.2, 0.25) is 0 Å². The summed E-state index contributed by atoms with van der Waals surface area (Å²) in [4.78, 5) is 2.60. The molecule has 0 radical (unpaired) electrons. The lowest BCUT2D eigenvalue weighted by Gasteiger charge is -2.39. The van der Waals surface area contributed by atoms with Crippen molar-refractivity contribution in [3.05, 3.63) is 0 Å². The molecule has 70 valence electrons. The zero-order valence-corrected chi connectivity index (χ0v) is 8.03. The first-order valence-electron chi connectivity index (χ1n) is 5.14. The first kappa shape index (κ1) is 8.52. The van der Waals surface area contributed by atoms with Gasteiger partial charge in [-0.25, -0.2) is 0 Å². The fourth-order valence-corrected chi connectivity index (χ4v) is 3.03. The number of aliphatic hydroxyl groups is 1. The fraction of sp³-hybridized carbons (Fsp3) is 1.00. The molecule has 0 aromatic carbocycles. The van der Waals surface area contributed by atoms with Gasteiger partial charge in [-0.1, -0.05) is 0 Å². The summed E-state index contributed by atoms with van der Waals surface area (Å²) in [6, 6.07) is 2.02. The summed E-state index contributed by atoms with van der Waals surface area (Å²) in [5.74, 6) is 0. The van der Waals surface area contributed by atoms with Gasteiger partial charge in [0, 0.05) is 18.1 Å². The highest BCUT2D eigenvalue weighted by molar-refractivity contribution is 4.96. The fourth-order valence-electron chi connectivity index (χ4n) is 3.03. The summed E-state index contributed by atoms with van der Waals surface area (Å²) >= 11 is 0. The normalized spacial score (nSPS) is 42.5. The van der Waals surface area contributed by atoms with Gasteiger partial charge in [-0.05, 0) is 39.5 Å². The molecule has 0 saturated carbocycles. The number of fused-ring (bicyclic) bond motifs is 2. The average Bonchev–Trinajstić information content (AvgIpc) is 2.24. The molecule has 0 unspecified atom stereocenters. The van der Waals surface area contributed by atoms with Crippen molar-refractivity contribution < 1.29 is 5.11 Å². The van der Waals surface area contributed by atoms with Gasteiger partial charge < -0.3 is 5.11 Å². The van der Waals surface area contributed by atoms with Gasteiger partial charge in [-0.2, -0.15) is 0 Å².